The van der Waals surface area contributed by atoms with Crippen molar-refractivity contribution in [3.63, 3.8) is 0 Å². The van der Waals surface area contributed by atoms with Gasteiger partial charge < -0.3 is 19.3 Å². The molecular weight excluding hydrogens is 178 g/mol. The predicted molar refractivity (Wildman–Crippen MR) is 39.9 cm³/mol. The number of carbonyl (C=O) groups is 1. The third-order valence-corrected chi connectivity index (χ3v) is 2.17. The molecule has 13 heavy (non-hydrogen) atoms. The van der Waals surface area contributed by atoms with E-state index in [1.807, 2.05) is 0 Å². The van der Waals surface area contributed by atoms with Gasteiger partial charge in [0.1, 0.15) is 12.2 Å². The van der Waals surface area contributed by atoms with E-state index in [2.05, 4.69) is 5.32 Å². The van der Waals surface area contributed by atoms with Gasteiger partial charge in [-0.3, -0.25) is 5.32 Å². The minimum Gasteiger partial charge on any atom is -0.438 e. The molecular formula is C7H11NO5. The first-order valence-electron chi connectivity index (χ1n) is 4.02. The van der Waals surface area contributed by atoms with Crippen molar-refractivity contribution in [2.45, 2.75) is 24.5 Å². The van der Waals surface area contributed by atoms with E-state index in [0.717, 1.165) is 0 Å². The first-order valence-corrected chi connectivity index (χ1v) is 4.02. The first-order chi connectivity index (χ1) is 6.22. The molecule has 0 spiro atoms. The summed E-state index contributed by atoms with van der Waals surface area (Å²) in [4.78, 5) is 10.7. The van der Waals surface area contributed by atoms with Crippen LogP contribution < -0.4 is 5.32 Å². The zero-order valence-corrected chi connectivity index (χ0v) is 7.10. The van der Waals surface area contributed by atoms with Crippen LogP contribution in [0.2, 0.25) is 0 Å². The van der Waals surface area contributed by atoms with Crippen LogP contribution in [-0.2, 0) is 14.2 Å². The van der Waals surface area contributed by atoms with Crippen molar-refractivity contribution in [3.8, 4) is 0 Å². The maximum Gasteiger partial charge on any atom is 0.409 e. The Bertz CT molecular complexity index is 221. The van der Waals surface area contributed by atoms with Gasteiger partial charge in [-0.25, -0.2) is 4.79 Å². The van der Waals surface area contributed by atoms with Gasteiger partial charge in [-0.05, 0) is 0 Å². The number of aliphatic hydroxyl groups is 1. The molecule has 0 aromatic rings. The van der Waals surface area contributed by atoms with Gasteiger partial charge in [-0.2, -0.15) is 0 Å². The van der Waals surface area contributed by atoms with Crippen molar-refractivity contribution >= 4 is 6.09 Å². The third kappa shape index (κ3) is 1.37. The molecule has 2 heterocycles. The maximum atomic E-state index is 10.7. The summed E-state index contributed by atoms with van der Waals surface area (Å²) in [7, 11) is 1.52. The monoisotopic (exact) mass is 189 g/mol. The lowest BCUT2D eigenvalue weighted by molar-refractivity contribution is -0.0400. The van der Waals surface area contributed by atoms with E-state index >= 15 is 0 Å². The van der Waals surface area contributed by atoms with Crippen molar-refractivity contribution in [2.24, 2.45) is 0 Å². The average Bonchev–Trinajstić information content (AvgIpc) is 2.54. The van der Waals surface area contributed by atoms with E-state index in [9.17, 15) is 9.90 Å². The highest BCUT2D eigenvalue weighted by Crippen LogP contribution is 2.26. The Kier molecular flexibility index (Phi) is 2.10. The second kappa shape index (κ2) is 3.13. The Morgan fingerprint density at radius 3 is 3.08 bits per heavy atom. The van der Waals surface area contributed by atoms with Crippen molar-refractivity contribution in [1.29, 1.82) is 0 Å². The zero-order chi connectivity index (χ0) is 9.42. The van der Waals surface area contributed by atoms with Crippen LogP contribution in [0.1, 0.15) is 0 Å². The number of alkyl carbamates (subject to hydrolysis) is 1. The number of methoxy groups -OCH3 is 1. The molecule has 0 unspecified atom stereocenters. The van der Waals surface area contributed by atoms with Gasteiger partial charge in [0.2, 0.25) is 0 Å². The summed E-state index contributed by atoms with van der Waals surface area (Å²) >= 11 is 0. The highest BCUT2D eigenvalue weighted by Gasteiger charge is 2.50. The molecule has 0 aromatic heterocycles. The fourth-order valence-electron chi connectivity index (χ4n) is 1.56. The molecule has 2 saturated heterocycles. The van der Waals surface area contributed by atoms with Gasteiger partial charge in [0.05, 0.1) is 6.61 Å². The number of rotatable bonds is 2. The van der Waals surface area contributed by atoms with Crippen LogP contribution in [0.25, 0.3) is 0 Å². The minimum absolute atomic E-state index is 0.285. The molecule has 2 N–H and O–H groups in total. The van der Waals surface area contributed by atoms with E-state index in [-0.39, 0.29) is 6.61 Å². The fourth-order valence-corrected chi connectivity index (χ4v) is 1.56. The zero-order valence-electron chi connectivity index (χ0n) is 7.10. The second-order valence-electron chi connectivity index (χ2n) is 3.06. The lowest BCUT2D eigenvalue weighted by atomic mass is 10.1. The normalized spacial score (nSPS) is 42.8. The number of fused-ring (bicyclic) bond motifs is 1. The molecule has 2 aliphatic heterocycles. The first kappa shape index (κ1) is 8.74. The largest absolute Gasteiger partial charge is 0.438 e. The molecule has 2 fully saturated rings. The van der Waals surface area contributed by atoms with Gasteiger partial charge in [0, 0.05) is 7.11 Å². The van der Waals surface area contributed by atoms with Crippen LogP contribution in [-0.4, -0.2) is 49.5 Å². The summed E-state index contributed by atoms with van der Waals surface area (Å²) in [5, 5.41) is 12.0. The molecule has 74 valence electrons. The van der Waals surface area contributed by atoms with Crippen molar-refractivity contribution in [3.05, 3.63) is 0 Å². The SMILES string of the molecule is COC[C@H]1O[C@@H]2NC(=O)O[C@@H]2[C@@H]1O. The summed E-state index contributed by atoms with van der Waals surface area (Å²) in [6.45, 7) is 0.285. The van der Waals surface area contributed by atoms with E-state index in [0.29, 0.717) is 0 Å². The standard InChI is InChI=1S/C7H11NO5/c1-11-2-3-4(9)5-6(12-3)8-7(10)13-5/h3-6,9H,2H2,1H3,(H,8,10)/t3-,4-,5-,6+/m1/s1. The number of carbonyl (C=O) groups excluding carboxylic acids is 1. The second-order valence-corrected chi connectivity index (χ2v) is 3.06. The van der Waals surface area contributed by atoms with Gasteiger partial charge in [-0.1, -0.05) is 0 Å². The molecule has 2 rings (SSSR count). The van der Waals surface area contributed by atoms with E-state index in [4.69, 9.17) is 14.2 Å². The molecule has 0 radical (unpaired) electrons. The molecule has 0 bridgehead atoms. The lowest BCUT2D eigenvalue weighted by Crippen LogP contribution is -2.34. The van der Waals surface area contributed by atoms with Crippen LogP contribution >= 0.6 is 0 Å². The Hall–Kier alpha value is -0.850. The fraction of sp³-hybridized carbons (Fsp3) is 0.857. The molecule has 0 aromatic carbocycles. The van der Waals surface area contributed by atoms with E-state index < -0.39 is 30.6 Å². The minimum atomic E-state index is -0.816. The highest BCUT2D eigenvalue weighted by molar-refractivity contribution is 5.70. The van der Waals surface area contributed by atoms with Crippen LogP contribution in [0, 0.1) is 0 Å². The van der Waals surface area contributed by atoms with E-state index in [1.165, 1.54) is 7.11 Å². The van der Waals surface area contributed by atoms with Gasteiger partial charge in [0.25, 0.3) is 0 Å². The Labute approximate surface area is 74.8 Å². The van der Waals surface area contributed by atoms with Crippen molar-refractivity contribution in [1.82, 2.24) is 5.32 Å². The summed E-state index contributed by atoms with van der Waals surface area (Å²) in [5.41, 5.74) is 0. The number of ether oxygens (including phenoxy) is 3. The summed E-state index contributed by atoms with van der Waals surface area (Å²) in [6, 6.07) is 0. The van der Waals surface area contributed by atoms with Gasteiger partial charge in [-0.15, -0.1) is 0 Å². The Morgan fingerprint density at radius 1 is 1.69 bits per heavy atom. The molecule has 6 heteroatoms. The topological polar surface area (TPSA) is 77.0 Å². The van der Waals surface area contributed by atoms with Crippen molar-refractivity contribution in [2.75, 3.05) is 13.7 Å². The number of hydrogen-bond acceptors (Lipinski definition) is 5. The molecule has 4 atom stereocenters. The van der Waals surface area contributed by atoms with Crippen LogP contribution in [0.4, 0.5) is 4.79 Å². The van der Waals surface area contributed by atoms with Crippen LogP contribution in [0.15, 0.2) is 0 Å². The number of nitrogens with one attached hydrogen (secondary N) is 1. The van der Waals surface area contributed by atoms with Crippen LogP contribution in [0.5, 0.6) is 0 Å². The molecule has 6 nitrogen and oxygen atoms in total. The average molecular weight is 189 g/mol. The van der Waals surface area contributed by atoms with Gasteiger partial charge >= 0.3 is 6.09 Å². The molecule has 2 aliphatic rings. The smallest absolute Gasteiger partial charge is 0.409 e. The lowest BCUT2D eigenvalue weighted by Gasteiger charge is -2.14. The highest BCUT2D eigenvalue weighted by atomic mass is 16.6. The van der Waals surface area contributed by atoms with Crippen molar-refractivity contribution < 1.29 is 24.1 Å². The summed E-state index contributed by atoms with van der Waals surface area (Å²) in [6.07, 6.45) is -2.94. The van der Waals surface area contributed by atoms with E-state index in [1.54, 1.807) is 0 Å². The molecule has 0 aliphatic carbocycles. The summed E-state index contributed by atoms with van der Waals surface area (Å²) in [5.74, 6) is 0. The Balaban J connectivity index is 2.00. The van der Waals surface area contributed by atoms with Crippen LogP contribution in [0.3, 0.4) is 0 Å². The predicted octanol–water partition coefficient (Wildman–Crippen LogP) is -1.17. The number of hydrogen-bond donors (Lipinski definition) is 2. The maximum absolute atomic E-state index is 10.7. The van der Waals surface area contributed by atoms with Gasteiger partial charge in [0.15, 0.2) is 12.3 Å². The number of aliphatic hydroxyl groups excluding tert-OH is 1. The number of amides is 1. The Morgan fingerprint density at radius 2 is 2.46 bits per heavy atom. The quantitative estimate of drug-likeness (QED) is 0.572. The summed E-state index contributed by atoms with van der Waals surface area (Å²) < 4.78 is 14.9. The molecule has 1 amide bonds. The molecule has 0 saturated carbocycles. The third-order valence-electron chi connectivity index (χ3n) is 2.17.